The van der Waals surface area contributed by atoms with Gasteiger partial charge in [0.1, 0.15) is 13.2 Å². The average Bonchev–Trinajstić information content (AvgIpc) is 2.98. The summed E-state index contributed by atoms with van der Waals surface area (Å²) in [6.45, 7) is 3.04. The number of carbonyl (C=O) groups excluding carboxylic acids is 1. The third kappa shape index (κ3) is 2.61. The Bertz CT molecular complexity index is 904. The Morgan fingerprint density at radius 2 is 2.00 bits per heavy atom. The summed E-state index contributed by atoms with van der Waals surface area (Å²) in [6, 6.07) is 11.2. The van der Waals surface area contributed by atoms with Gasteiger partial charge < -0.3 is 9.47 Å². The van der Waals surface area contributed by atoms with Crippen molar-refractivity contribution in [3.05, 3.63) is 47.5 Å². The maximum Gasteiger partial charge on any atom is 0.257 e. The molecule has 0 atom stereocenters. The fourth-order valence-electron chi connectivity index (χ4n) is 2.49. The van der Waals surface area contributed by atoms with E-state index in [0.29, 0.717) is 35.4 Å². The molecule has 2 aromatic carbocycles. The van der Waals surface area contributed by atoms with Gasteiger partial charge in [0.2, 0.25) is 0 Å². The number of fused-ring (bicyclic) bond motifs is 2. The van der Waals surface area contributed by atoms with Crippen LogP contribution in [-0.4, -0.2) is 24.1 Å². The number of nitrogens with one attached hydrogen (secondary N) is 1. The van der Waals surface area contributed by atoms with Crippen LogP contribution in [0.4, 0.5) is 5.13 Å². The number of amides is 1. The Kier molecular flexibility index (Phi) is 3.38. The molecule has 0 unspecified atom stereocenters. The van der Waals surface area contributed by atoms with Crippen molar-refractivity contribution in [1.82, 2.24) is 4.98 Å². The lowest BCUT2D eigenvalue weighted by atomic mass is 10.2. The minimum Gasteiger partial charge on any atom is -0.486 e. The minimum atomic E-state index is -0.210. The Morgan fingerprint density at radius 3 is 2.83 bits per heavy atom. The number of benzene rings is 2. The predicted octanol–water partition coefficient (Wildman–Crippen LogP) is 3.63. The first-order valence-corrected chi connectivity index (χ1v) is 8.09. The van der Waals surface area contributed by atoms with Crippen LogP contribution >= 0.6 is 11.3 Å². The molecule has 0 radical (unpaired) electrons. The summed E-state index contributed by atoms with van der Waals surface area (Å²) in [6.07, 6.45) is 0. The molecule has 1 N–H and O–H groups in total. The molecule has 0 spiro atoms. The van der Waals surface area contributed by atoms with E-state index >= 15 is 0 Å². The number of hydrogen-bond donors (Lipinski definition) is 1. The quantitative estimate of drug-likeness (QED) is 0.781. The van der Waals surface area contributed by atoms with Crippen molar-refractivity contribution < 1.29 is 14.3 Å². The monoisotopic (exact) mass is 326 g/mol. The molecule has 0 saturated carbocycles. The first-order valence-electron chi connectivity index (χ1n) is 7.28. The molecule has 0 fully saturated rings. The highest BCUT2D eigenvalue weighted by Gasteiger charge is 2.16. The lowest BCUT2D eigenvalue weighted by Gasteiger charge is -2.18. The van der Waals surface area contributed by atoms with Gasteiger partial charge in [-0.3, -0.25) is 10.1 Å². The van der Waals surface area contributed by atoms with Crippen molar-refractivity contribution in [3.63, 3.8) is 0 Å². The van der Waals surface area contributed by atoms with Crippen molar-refractivity contribution in [2.75, 3.05) is 18.5 Å². The van der Waals surface area contributed by atoms with E-state index in [1.54, 1.807) is 18.2 Å². The standard InChI is InChI=1S/C17H14N2O3S/c1-10-3-2-4-14-15(10)18-17(23-14)19-16(20)11-5-6-12-13(9-11)22-8-7-21-12/h2-6,9H,7-8H2,1H3,(H,18,19,20). The third-order valence-electron chi connectivity index (χ3n) is 3.65. The fourth-order valence-corrected chi connectivity index (χ4v) is 3.43. The molecule has 0 saturated heterocycles. The summed E-state index contributed by atoms with van der Waals surface area (Å²) in [7, 11) is 0. The van der Waals surface area contributed by atoms with E-state index in [4.69, 9.17) is 9.47 Å². The molecule has 1 aliphatic heterocycles. The zero-order valence-electron chi connectivity index (χ0n) is 12.5. The van der Waals surface area contributed by atoms with Gasteiger partial charge in [0.05, 0.1) is 10.2 Å². The van der Waals surface area contributed by atoms with Crippen LogP contribution in [0.5, 0.6) is 11.5 Å². The van der Waals surface area contributed by atoms with Crippen LogP contribution in [0.3, 0.4) is 0 Å². The molecule has 0 bridgehead atoms. The van der Waals surface area contributed by atoms with Crippen molar-refractivity contribution in [2.24, 2.45) is 0 Å². The predicted molar refractivity (Wildman–Crippen MR) is 89.7 cm³/mol. The van der Waals surface area contributed by atoms with Crippen molar-refractivity contribution in [3.8, 4) is 11.5 Å². The summed E-state index contributed by atoms with van der Waals surface area (Å²) in [5.41, 5.74) is 2.54. The molecule has 1 aromatic heterocycles. The van der Waals surface area contributed by atoms with Gasteiger partial charge in [0.25, 0.3) is 5.91 Å². The molecule has 116 valence electrons. The van der Waals surface area contributed by atoms with Gasteiger partial charge in [-0.2, -0.15) is 0 Å². The number of nitrogens with zero attached hydrogens (tertiary/aromatic N) is 1. The molecule has 5 nitrogen and oxygen atoms in total. The SMILES string of the molecule is Cc1cccc2sc(NC(=O)c3ccc4c(c3)OCCO4)nc12. The number of aromatic nitrogens is 1. The summed E-state index contributed by atoms with van der Waals surface area (Å²) >= 11 is 1.46. The average molecular weight is 326 g/mol. The number of anilines is 1. The maximum absolute atomic E-state index is 12.4. The number of hydrogen-bond acceptors (Lipinski definition) is 5. The van der Waals surface area contributed by atoms with Crippen LogP contribution in [0.1, 0.15) is 15.9 Å². The summed E-state index contributed by atoms with van der Waals surface area (Å²) < 4.78 is 12.0. The van der Waals surface area contributed by atoms with Gasteiger partial charge in [0.15, 0.2) is 16.6 Å². The molecular formula is C17H14N2O3S. The van der Waals surface area contributed by atoms with Gasteiger partial charge in [0, 0.05) is 5.56 Å². The molecule has 3 aromatic rings. The summed E-state index contributed by atoms with van der Waals surface area (Å²) in [5, 5.41) is 3.45. The first-order chi connectivity index (χ1) is 11.2. The van der Waals surface area contributed by atoms with E-state index in [9.17, 15) is 4.79 Å². The first kappa shape index (κ1) is 14.0. The summed E-state index contributed by atoms with van der Waals surface area (Å²) in [4.78, 5) is 16.9. The second-order valence-electron chi connectivity index (χ2n) is 5.25. The van der Waals surface area contributed by atoms with Crippen molar-refractivity contribution >= 4 is 32.6 Å². The second-order valence-corrected chi connectivity index (χ2v) is 6.28. The van der Waals surface area contributed by atoms with E-state index in [-0.39, 0.29) is 5.91 Å². The number of carbonyl (C=O) groups is 1. The highest BCUT2D eigenvalue weighted by molar-refractivity contribution is 7.22. The lowest BCUT2D eigenvalue weighted by molar-refractivity contribution is 0.102. The number of thiazole rings is 1. The van der Waals surface area contributed by atoms with E-state index in [1.165, 1.54) is 11.3 Å². The van der Waals surface area contributed by atoms with E-state index in [0.717, 1.165) is 15.8 Å². The Morgan fingerprint density at radius 1 is 1.17 bits per heavy atom. The van der Waals surface area contributed by atoms with Gasteiger partial charge >= 0.3 is 0 Å². The Balaban J connectivity index is 1.60. The molecule has 4 rings (SSSR count). The van der Waals surface area contributed by atoms with Gasteiger partial charge in [-0.1, -0.05) is 23.5 Å². The zero-order valence-corrected chi connectivity index (χ0v) is 13.3. The number of aryl methyl sites for hydroxylation is 1. The highest BCUT2D eigenvalue weighted by atomic mass is 32.1. The smallest absolute Gasteiger partial charge is 0.257 e. The maximum atomic E-state index is 12.4. The Labute approximate surface area is 136 Å². The molecule has 6 heteroatoms. The second kappa shape index (κ2) is 5.55. The van der Waals surface area contributed by atoms with Crippen LogP contribution in [0.2, 0.25) is 0 Å². The third-order valence-corrected chi connectivity index (χ3v) is 4.58. The topological polar surface area (TPSA) is 60.5 Å². The minimum absolute atomic E-state index is 0.210. The van der Waals surface area contributed by atoms with Crippen LogP contribution in [0.15, 0.2) is 36.4 Å². The lowest BCUT2D eigenvalue weighted by Crippen LogP contribution is -2.17. The fraction of sp³-hybridized carbons (Fsp3) is 0.176. The van der Waals surface area contributed by atoms with Crippen LogP contribution in [-0.2, 0) is 0 Å². The number of rotatable bonds is 2. The molecular weight excluding hydrogens is 312 g/mol. The van der Waals surface area contributed by atoms with Crippen LogP contribution < -0.4 is 14.8 Å². The zero-order chi connectivity index (χ0) is 15.8. The molecule has 23 heavy (non-hydrogen) atoms. The van der Waals surface area contributed by atoms with Gasteiger partial charge in [-0.05, 0) is 36.8 Å². The number of para-hydroxylation sites is 1. The van der Waals surface area contributed by atoms with E-state index < -0.39 is 0 Å². The largest absolute Gasteiger partial charge is 0.486 e. The molecule has 1 amide bonds. The van der Waals surface area contributed by atoms with E-state index in [2.05, 4.69) is 10.3 Å². The Hall–Kier alpha value is -2.60. The van der Waals surface area contributed by atoms with E-state index in [1.807, 2.05) is 25.1 Å². The van der Waals surface area contributed by atoms with Crippen molar-refractivity contribution in [1.29, 1.82) is 0 Å². The van der Waals surface area contributed by atoms with Crippen LogP contribution in [0, 0.1) is 6.92 Å². The van der Waals surface area contributed by atoms with Crippen molar-refractivity contribution in [2.45, 2.75) is 6.92 Å². The van der Waals surface area contributed by atoms with Gasteiger partial charge in [-0.15, -0.1) is 0 Å². The molecule has 2 heterocycles. The molecule has 1 aliphatic rings. The van der Waals surface area contributed by atoms with Crippen LogP contribution in [0.25, 0.3) is 10.2 Å². The normalized spacial score (nSPS) is 13.1. The summed E-state index contributed by atoms with van der Waals surface area (Å²) in [5.74, 6) is 1.06. The highest BCUT2D eigenvalue weighted by Crippen LogP contribution is 2.32. The molecule has 0 aliphatic carbocycles. The number of ether oxygens (including phenoxy) is 2. The van der Waals surface area contributed by atoms with Gasteiger partial charge in [-0.25, -0.2) is 4.98 Å².